The zero-order valence-electron chi connectivity index (χ0n) is 23.7. The number of nitrogens with zero attached hydrogens (tertiary/aromatic N) is 1. The number of aliphatic hydroxyl groups is 1. The van der Waals surface area contributed by atoms with Crippen LogP contribution >= 0.6 is 12.6 Å². The summed E-state index contributed by atoms with van der Waals surface area (Å²) in [6.07, 6.45) is 0.120. The third-order valence-corrected chi connectivity index (χ3v) is 6.20. The number of nitrogens with one attached hydrogen (secondary N) is 5. The Kier molecular flexibility index (Phi) is 16.6. The predicted molar refractivity (Wildman–Crippen MR) is 160 cm³/mol. The highest BCUT2D eigenvalue weighted by atomic mass is 32.1. The first kappa shape index (κ1) is 37.4. The lowest BCUT2D eigenvalue weighted by Crippen LogP contribution is -2.55. The van der Waals surface area contributed by atoms with Crippen LogP contribution < -0.4 is 43.8 Å². The zero-order valence-corrected chi connectivity index (χ0v) is 24.6. The molecule has 4 atom stereocenters. The molecule has 5 amide bonds. The van der Waals surface area contributed by atoms with Gasteiger partial charge in [-0.1, -0.05) is 12.1 Å². The fourth-order valence-electron chi connectivity index (χ4n) is 3.47. The van der Waals surface area contributed by atoms with Crippen molar-refractivity contribution in [1.29, 1.82) is 0 Å². The monoisotopic (exact) mass is 641 g/mol. The van der Waals surface area contributed by atoms with Gasteiger partial charge in [-0.05, 0) is 30.5 Å². The summed E-state index contributed by atoms with van der Waals surface area (Å²) in [5.41, 5.74) is 16.6. The van der Waals surface area contributed by atoms with Crippen molar-refractivity contribution in [2.45, 2.75) is 43.4 Å². The summed E-state index contributed by atoms with van der Waals surface area (Å²) in [4.78, 5) is 77.7. The van der Waals surface area contributed by atoms with Crippen LogP contribution in [0.5, 0.6) is 5.75 Å². The third kappa shape index (κ3) is 14.5. The summed E-state index contributed by atoms with van der Waals surface area (Å²) in [5, 5.41) is 39.5. The molecular weight excluding hydrogens is 602 g/mol. The van der Waals surface area contributed by atoms with E-state index in [1.165, 1.54) is 24.3 Å². The molecule has 19 heteroatoms. The van der Waals surface area contributed by atoms with Gasteiger partial charge >= 0.3 is 5.97 Å². The molecular formula is C25H39N9O9S. The number of aliphatic carboxylic acids is 1. The first-order chi connectivity index (χ1) is 20.8. The molecule has 0 spiro atoms. The number of hydrogen-bond acceptors (Lipinski definition) is 11. The number of guanidine groups is 1. The highest BCUT2D eigenvalue weighted by Gasteiger charge is 2.27. The smallest absolute Gasteiger partial charge is 0.328 e. The van der Waals surface area contributed by atoms with Crippen LogP contribution in [0.25, 0.3) is 0 Å². The molecule has 0 heterocycles. The molecule has 0 unspecified atom stereocenters. The Labute approximate surface area is 258 Å². The van der Waals surface area contributed by atoms with Crippen molar-refractivity contribution in [3.8, 4) is 5.75 Å². The van der Waals surface area contributed by atoms with Crippen LogP contribution in [-0.4, -0.2) is 113 Å². The largest absolute Gasteiger partial charge is 0.508 e. The van der Waals surface area contributed by atoms with Gasteiger partial charge in [-0.25, -0.2) is 4.79 Å². The van der Waals surface area contributed by atoms with Crippen LogP contribution in [0.1, 0.15) is 18.4 Å². The van der Waals surface area contributed by atoms with Gasteiger partial charge in [-0.3, -0.25) is 29.0 Å². The van der Waals surface area contributed by atoms with Gasteiger partial charge in [0.15, 0.2) is 5.96 Å². The maximum absolute atomic E-state index is 13.0. The average Bonchev–Trinajstić information content (AvgIpc) is 2.98. The molecule has 1 aromatic rings. The SMILES string of the molecule is NC(N)=NCCC[C@H](NC(=O)CNC(=O)[C@H](Cc1ccc(O)cc1)NC(=O)CNC(=O)[C@@H](N)CS)C(=O)N[C@@H](CO)C(=O)O. The van der Waals surface area contributed by atoms with E-state index < -0.39 is 79.4 Å². The third-order valence-electron chi connectivity index (χ3n) is 5.80. The number of benzene rings is 1. The van der Waals surface area contributed by atoms with Crippen molar-refractivity contribution in [2.75, 3.05) is 32.0 Å². The van der Waals surface area contributed by atoms with E-state index in [9.17, 15) is 39.0 Å². The van der Waals surface area contributed by atoms with E-state index in [1.807, 2.05) is 0 Å². The fraction of sp³-hybridized carbons (Fsp3) is 0.480. The number of carbonyl (C=O) groups is 6. The quantitative estimate of drug-likeness (QED) is 0.0292. The van der Waals surface area contributed by atoms with E-state index in [2.05, 4.69) is 44.2 Å². The van der Waals surface area contributed by atoms with Crippen LogP contribution in [0.4, 0.5) is 0 Å². The molecule has 0 radical (unpaired) electrons. The van der Waals surface area contributed by atoms with Crippen LogP contribution in [0.15, 0.2) is 29.3 Å². The van der Waals surface area contributed by atoms with E-state index in [4.69, 9.17) is 22.3 Å². The standard InChI is InChI=1S/C25H39N9O9S/c26-15(12-44)21(39)30-9-20(38)33-17(8-13-3-5-14(36)6-4-13)22(40)31-10-19(37)32-16(2-1-7-29-25(27)28)23(41)34-18(11-35)24(42)43/h3-6,15-18,35-36,44H,1-2,7-12,26H2,(H,30,39)(H,31,40)(H,32,37)(H,33,38)(H,34,41)(H,42,43)(H4,27,28,29)/t15-,16-,17-,18-/m0/s1. The number of thiol groups is 1. The molecule has 0 aliphatic carbocycles. The number of nitrogens with two attached hydrogens (primary N) is 3. The Balaban J connectivity index is 2.93. The van der Waals surface area contributed by atoms with Crippen molar-refractivity contribution < 1.29 is 44.1 Å². The number of phenolic OH excluding ortho intramolecular Hbond substituents is 1. The topological polar surface area (TPSA) is 314 Å². The summed E-state index contributed by atoms with van der Waals surface area (Å²) >= 11 is 3.91. The average molecular weight is 642 g/mol. The summed E-state index contributed by atoms with van der Waals surface area (Å²) in [6, 6.07) is 0.718. The zero-order chi connectivity index (χ0) is 33.2. The molecule has 0 aromatic heterocycles. The second kappa shape index (κ2) is 19.5. The number of carbonyl (C=O) groups excluding carboxylic acids is 5. The van der Waals surface area contributed by atoms with Gasteiger partial charge < -0.3 is 59.1 Å². The van der Waals surface area contributed by atoms with Crippen LogP contribution in [0, 0.1) is 0 Å². The fourth-order valence-corrected chi connectivity index (χ4v) is 3.64. The summed E-state index contributed by atoms with van der Waals surface area (Å²) < 4.78 is 0. The van der Waals surface area contributed by atoms with E-state index in [1.54, 1.807) is 0 Å². The maximum Gasteiger partial charge on any atom is 0.328 e. The molecule has 1 aromatic carbocycles. The summed E-state index contributed by atoms with van der Waals surface area (Å²) in [7, 11) is 0. The number of carboxylic acids is 1. The van der Waals surface area contributed by atoms with Gasteiger partial charge in [0.2, 0.25) is 29.5 Å². The van der Waals surface area contributed by atoms with Crippen LogP contribution in [0.3, 0.4) is 0 Å². The minimum atomic E-state index is -1.62. The number of carboxylic acid groups (broad SMARTS) is 1. The Hall–Kier alpha value is -4.62. The lowest BCUT2D eigenvalue weighted by atomic mass is 10.0. The molecule has 244 valence electrons. The Morgan fingerprint density at radius 1 is 0.841 bits per heavy atom. The second-order valence-corrected chi connectivity index (χ2v) is 9.73. The predicted octanol–water partition coefficient (Wildman–Crippen LogP) is -4.99. The van der Waals surface area contributed by atoms with Crippen molar-refractivity contribution in [3.63, 3.8) is 0 Å². The number of hydrogen-bond donors (Lipinski definition) is 12. The number of aliphatic imine (C=N–C) groups is 1. The van der Waals surface area contributed by atoms with E-state index in [0.29, 0.717) is 5.56 Å². The number of amides is 5. The molecule has 1 rings (SSSR count). The molecule has 14 N–H and O–H groups in total. The van der Waals surface area contributed by atoms with Gasteiger partial charge in [-0.2, -0.15) is 12.6 Å². The number of rotatable bonds is 19. The Bertz CT molecular complexity index is 1180. The molecule has 0 aliphatic heterocycles. The van der Waals surface area contributed by atoms with Gasteiger partial charge in [0, 0.05) is 18.7 Å². The van der Waals surface area contributed by atoms with E-state index in [-0.39, 0.29) is 43.3 Å². The molecule has 18 nitrogen and oxygen atoms in total. The maximum atomic E-state index is 13.0. The van der Waals surface area contributed by atoms with Crippen LogP contribution in [-0.2, 0) is 35.2 Å². The molecule has 0 saturated carbocycles. The summed E-state index contributed by atoms with van der Waals surface area (Å²) in [6.45, 7) is -1.94. The molecule has 44 heavy (non-hydrogen) atoms. The van der Waals surface area contributed by atoms with Crippen molar-refractivity contribution in [3.05, 3.63) is 29.8 Å². The van der Waals surface area contributed by atoms with E-state index >= 15 is 0 Å². The van der Waals surface area contributed by atoms with Crippen LogP contribution in [0.2, 0.25) is 0 Å². The normalized spacial score (nSPS) is 13.2. The minimum Gasteiger partial charge on any atom is -0.508 e. The lowest BCUT2D eigenvalue weighted by Gasteiger charge is -2.22. The van der Waals surface area contributed by atoms with Gasteiger partial charge in [0.25, 0.3) is 0 Å². The van der Waals surface area contributed by atoms with Crippen molar-refractivity contribution in [2.24, 2.45) is 22.2 Å². The van der Waals surface area contributed by atoms with Crippen molar-refractivity contribution >= 4 is 54.1 Å². The second-order valence-electron chi connectivity index (χ2n) is 9.37. The molecule has 0 saturated heterocycles. The number of aliphatic hydroxyl groups excluding tert-OH is 1. The highest BCUT2D eigenvalue weighted by Crippen LogP contribution is 2.11. The molecule has 0 bridgehead atoms. The first-order valence-electron chi connectivity index (χ1n) is 13.2. The Morgan fingerprint density at radius 2 is 1.41 bits per heavy atom. The highest BCUT2D eigenvalue weighted by molar-refractivity contribution is 7.80. The molecule has 0 fully saturated rings. The summed E-state index contributed by atoms with van der Waals surface area (Å²) in [5.74, 6) is -5.57. The number of phenols is 1. The van der Waals surface area contributed by atoms with Crippen molar-refractivity contribution in [1.82, 2.24) is 26.6 Å². The van der Waals surface area contributed by atoms with E-state index in [0.717, 1.165) is 0 Å². The van der Waals surface area contributed by atoms with Gasteiger partial charge in [0.1, 0.15) is 23.9 Å². The Morgan fingerprint density at radius 3 is 1.93 bits per heavy atom. The van der Waals surface area contributed by atoms with Gasteiger partial charge in [-0.15, -0.1) is 0 Å². The van der Waals surface area contributed by atoms with Gasteiger partial charge in [0.05, 0.1) is 25.7 Å². The lowest BCUT2D eigenvalue weighted by molar-refractivity contribution is -0.143. The molecule has 0 aliphatic rings. The minimum absolute atomic E-state index is 0.0238. The number of aromatic hydroxyl groups is 1. The first-order valence-corrected chi connectivity index (χ1v) is 13.9.